The average Bonchev–Trinajstić information content (AvgIpc) is 3.36. The molecule has 1 amide bonds. The topological polar surface area (TPSA) is 76.1 Å². The molecule has 0 saturated carbocycles. The van der Waals surface area contributed by atoms with Crippen LogP contribution in [0.15, 0.2) is 54.1 Å². The third kappa shape index (κ3) is 3.68. The van der Waals surface area contributed by atoms with E-state index in [1.54, 1.807) is 24.3 Å². The highest BCUT2D eigenvalue weighted by Crippen LogP contribution is 2.40. The molecule has 4 rings (SSSR count). The third-order valence-corrected chi connectivity index (χ3v) is 5.51. The highest BCUT2D eigenvalue weighted by atomic mass is 19.1. The van der Waals surface area contributed by atoms with Gasteiger partial charge in [0.1, 0.15) is 17.3 Å². The zero-order chi connectivity index (χ0) is 21.3. The second kappa shape index (κ2) is 8.28. The lowest BCUT2D eigenvalue weighted by atomic mass is 9.95. The maximum Gasteiger partial charge on any atom is 0.295 e. The lowest BCUT2D eigenvalue weighted by molar-refractivity contribution is -0.140. The third-order valence-electron chi connectivity index (χ3n) is 5.51. The highest BCUT2D eigenvalue weighted by molar-refractivity contribution is 6.46. The Bertz CT molecular complexity index is 978. The van der Waals surface area contributed by atoms with Crippen molar-refractivity contribution in [3.8, 4) is 5.75 Å². The van der Waals surface area contributed by atoms with Crippen LogP contribution in [0.3, 0.4) is 0 Å². The molecular formula is C23H22FNO5. The van der Waals surface area contributed by atoms with Gasteiger partial charge in [-0.2, -0.15) is 0 Å². The molecule has 2 aromatic rings. The molecule has 0 radical (unpaired) electrons. The molecule has 0 bridgehead atoms. The van der Waals surface area contributed by atoms with Crippen LogP contribution in [-0.4, -0.2) is 48.1 Å². The monoisotopic (exact) mass is 411 g/mol. The van der Waals surface area contributed by atoms with Crippen LogP contribution in [0.25, 0.3) is 5.76 Å². The Labute approximate surface area is 173 Å². The van der Waals surface area contributed by atoms with Crippen molar-refractivity contribution >= 4 is 17.4 Å². The quantitative estimate of drug-likeness (QED) is 0.463. The van der Waals surface area contributed by atoms with Crippen LogP contribution in [0.1, 0.15) is 30.0 Å². The Kier molecular flexibility index (Phi) is 5.55. The summed E-state index contributed by atoms with van der Waals surface area (Å²) in [6, 6.07) is 11.3. The number of likely N-dealkylation sites (tertiary alicyclic amines) is 1. The van der Waals surface area contributed by atoms with Crippen molar-refractivity contribution in [2.45, 2.75) is 25.0 Å². The first-order valence-electron chi connectivity index (χ1n) is 9.79. The molecule has 0 aliphatic carbocycles. The van der Waals surface area contributed by atoms with E-state index in [2.05, 4.69) is 0 Å². The second-order valence-corrected chi connectivity index (χ2v) is 7.37. The van der Waals surface area contributed by atoms with Gasteiger partial charge in [-0.25, -0.2) is 4.39 Å². The van der Waals surface area contributed by atoms with Gasteiger partial charge in [0, 0.05) is 18.7 Å². The van der Waals surface area contributed by atoms with Crippen molar-refractivity contribution in [2.24, 2.45) is 0 Å². The van der Waals surface area contributed by atoms with Gasteiger partial charge in [0.15, 0.2) is 0 Å². The number of benzene rings is 2. The highest BCUT2D eigenvalue weighted by Gasteiger charge is 2.47. The van der Waals surface area contributed by atoms with Crippen LogP contribution in [0.5, 0.6) is 5.75 Å². The number of methoxy groups -OCH3 is 1. The summed E-state index contributed by atoms with van der Waals surface area (Å²) in [5, 5.41) is 11.0. The fourth-order valence-corrected chi connectivity index (χ4v) is 3.97. The number of rotatable bonds is 5. The minimum absolute atomic E-state index is 0.0187. The molecule has 2 atom stereocenters. The van der Waals surface area contributed by atoms with Gasteiger partial charge in [0.05, 0.1) is 24.8 Å². The summed E-state index contributed by atoms with van der Waals surface area (Å²) in [6.07, 6.45) is 1.51. The van der Waals surface area contributed by atoms with Crippen LogP contribution in [0, 0.1) is 5.82 Å². The lowest BCUT2D eigenvalue weighted by Crippen LogP contribution is -2.36. The Morgan fingerprint density at radius 2 is 1.87 bits per heavy atom. The Morgan fingerprint density at radius 1 is 1.17 bits per heavy atom. The number of ketones is 1. The van der Waals surface area contributed by atoms with Crippen molar-refractivity contribution < 1.29 is 28.6 Å². The number of carbonyl (C=O) groups excluding carboxylic acids is 2. The maximum atomic E-state index is 13.5. The lowest BCUT2D eigenvalue weighted by Gasteiger charge is -2.27. The van der Waals surface area contributed by atoms with Gasteiger partial charge in [-0.05, 0) is 54.8 Å². The van der Waals surface area contributed by atoms with Crippen LogP contribution in [-0.2, 0) is 14.3 Å². The van der Waals surface area contributed by atoms with E-state index in [0.717, 1.165) is 12.8 Å². The zero-order valence-electron chi connectivity index (χ0n) is 16.5. The van der Waals surface area contributed by atoms with Crippen LogP contribution < -0.4 is 4.74 Å². The van der Waals surface area contributed by atoms with Crippen molar-refractivity contribution in [2.75, 3.05) is 20.3 Å². The molecule has 30 heavy (non-hydrogen) atoms. The maximum absolute atomic E-state index is 13.5. The zero-order valence-corrected chi connectivity index (χ0v) is 16.5. The molecule has 7 heteroatoms. The number of ether oxygens (including phenoxy) is 2. The number of amides is 1. The molecule has 2 heterocycles. The Morgan fingerprint density at radius 3 is 2.47 bits per heavy atom. The van der Waals surface area contributed by atoms with Crippen LogP contribution >= 0.6 is 0 Å². The van der Waals surface area contributed by atoms with Crippen LogP contribution in [0.4, 0.5) is 4.39 Å². The molecule has 6 nitrogen and oxygen atoms in total. The van der Waals surface area contributed by atoms with Gasteiger partial charge >= 0.3 is 0 Å². The summed E-state index contributed by atoms with van der Waals surface area (Å²) in [6.45, 7) is 0.841. The van der Waals surface area contributed by atoms with E-state index in [0.29, 0.717) is 23.5 Å². The molecule has 0 spiro atoms. The van der Waals surface area contributed by atoms with E-state index in [1.165, 1.54) is 36.3 Å². The summed E-state index contributed by atoms with van der Waals surface area (Å²) in [5.74, 6) is -1.57. The van der Waals surface area contributed by atoms with Crippen molar-refractivity contribution in [3.05, 3.63) is 71.0 Å². The van der Waals surface area contributed by atoms with Crippen LogP contribution in [0.2, 0.25) is 0 Å². The number of Topliss-reactive ketones (excluding diaryl/α,β-unsaturated/α-hetero) is 1. The molecule has 2 saturated heterocycles. The largest absolute Gasteiger partial charge is 0.507 e. The standard InChI is InChI=1S/C23H22FNO5/c1-29-17-10-6-15(7-11-17)21(26)19-20(14-4-8-16(24)9-5-14)25(23(28)22(19)27)13-18-3-2-12-30-18/h4-11,18,20,26H,2-3,12-13H2,1H3/t18-,20-/m0/s1. The summed E-state index contributed by atoms with van der Waals surface area (Å²) >= 11 is 0. The van der Waals surface area contributed by atoms with E-state index >= 15 is 0 Å². The average molecular weight is 411 g/mol. The number of hydrogen-bond donors (Lipinski definition) is 1. The van der Waals surface area contributed by atoms with E-state index in [1.807, 2.05) is 0 Å². The van der Waals surface area contributed by atoms with E-state index < -0.39 is 23.5 Å². The van der Waals surface area contributed by atoms with Gasteiger partial charge in [-0.3, -0.25) is 9.59 Å². The fourth-order valence-electron chi connectivity index (χ4n) is 3.97. The van der Waals surface area contributed by atoms with E-state index in [9.17, 15) is 19.1 Å². The molecule has 156 valence electrons. The number of carbonyl (C=O) groups is 2. The molecule has 2 fully saturated rings. The first-order chi connectivity index (χ1) is 14.5. The number of aliphatic hydroxyl groups excluding tert-OH is 1. The molecule has 2 aliphatic heterocycles. The normalized spacial score (nSPS) is 23.2. The Hall–Kier alpha value is -3.19. The van der Waals surface area contributed by atoms with Gasteiger partial charge < -0.3 is 19.5 Å². The van der Waals surface area contributed by atoms with Gasteiger partial charge in [0.2, 0.25) is 0 Å². The van der Waals surface area contributed by atoms with Crippen molar-refractivity contribution in [1.29, 1.82) is 0 Å². The van der Waals surface area contributed by atoms with Gasteiger partial charge in [-0.15, -0.1) is 0 Å². The van der Waals surface area contributed by atoms with Gasteiger partial charge in [-0.1, -0.05) is 12.1 Å². The van der Waals surface area contributed by atoms with Crippen molar-refractivity contribution in [1.82, 2.24) is 4.90 Å². The molecule has 0 aromatic heterocycles. The summed E-state index contributed by atoms with van der Waals surface area (Å²) in [4.78, 5) is 27.2. The van der Waals surface area contributed by atoms with E-state index in [4.69, 9.17) is 9.47 Å². The molecule has 2 aromatic carbocycles. The number of hydrogen-bond acceptors (Lipinski definition) is 5. The fraction of sp³-hybridized carbons (Fsp3) is 0.304. The molecule has 0 unspecified atom stereocenters. The van der Waals surface area contributed by atoms with E-state index in [-0.39, 0.29) is 24.0 Å². The summed E-state index contributed by atoms with van der Waals surface area (Å²) in [7, 11) is 1.53. The number of nitrogens with zero attached hydrogens (tertiary/aromatic N) is 1. The van der Waals surface area contributed by atoms with Crippen molar-refractivity contribution in [3.63, 3.8) is 0 Å². The first kappa shape index (κ1) is 20.1. The summed E-state index contributed by atoms with van der Waals surface area (Å²) < 4.78 is 24.3. The summed E-state index contributed by atoms with van der Waals surface area (Å²) in [5.41, 5.74) is 0.913. The predicted molar refractivity (Wildman–Crippen MR) is 107 cm³/mol. The Balaban J connectivity index is 1.80. The van der Waals surface area contributed by atoms with Gasteiger partial charge in [0.25, 0.3) is 11.7 Å². The SMILES string of the molecule is COc1ccc(C(O)=C2C(=O)C(=O)N(C[C@@H]3CCCO3)[C@H]2c2ccc(F)cc2)cc1. The molecular weight excluding hydrogens is 389 g/mol. The molecule has 1 N–H and O–H groups in total. The minimum Gasteiger partial charge on any atom is -0.507 e. The second-order valence-electron chi connectivity index (χ2n) is 7.37. The first-order valence-corrected chi connectivity index (χ1v) is 9.79. The molecule has 2 aliphatic rings. The minimum atomic E-state index is -0.822. The number of aliphatic hydroxyl groups is 1. The number of halogens is 1. The predicted octanol–water partition coefficient (Wildman–Crippen LogP) is 3.44. The smallest absolute Gasteiger partial charge is 0.295 e.